The molecule has 0 unspecified atom stereocenters. The highest BCUT2D eigenvalue weighted by Gasteiger charge is 2.12. The summed E-state index contributed by atoms with van der Waals surface area (Å²) >= 11 is 1.34. The van der Waals surface area contributed by atoms with Gasteiger partial charge in [0, 0.05) is 19.3 Å². The molecule has 3 aromatic rings. The van der Waals surface area contributed by atoms with Gasteiger partial charge in [-0.05, 0) is 41.8 Å². The highest BCUT2D eigenvalue weighted by atomic mass is 32.2. The number of hydrogen-bond acceptors (Lipinski definition) is 7. The van der Waals surface area contributed by atoms with Crippen LogP contribution in [0, 0.1) is 0 Å². The Morgan fingerprint density at radius 2 is 1.76 bits per heavy atom. The zero-order valence-corrected chi connectivity index (χ0v) is 19.9. The van der Waals surface area contributed by atoms with Gasteiger partial charge >= 0.3 is 0 Å². The van der Waals surface area contributed by atoms with Crippen LogP contribution in [0.2, 0.25) is 0 Å². The quantitative estimate of drug-likeness (QED) is 0.392. The van der Waals surface area contributed by atoms with Crippen molar-refractivity contribution in [3.05, 3.63) is 65.5 Å². The molecule has 0 fully saturated rings. The lowest BCUT2D eigenvalue weighted by Gasteiger charge is -2.10. The van der Waals surface area contributed by atoms with Crippen LogP contribution >= 0.6 is 11.8 Å². The summed E-state index contributed by atoms with van der Waals surface area (Å²) in [5.74, 6) is 2.29. The second kappa shape index (κ2) is 12.2. The maximum Gasteiger partial charge on any atom is 0.230 e. The molecule has 1 heterocycles. The SMILES string of the molecule is COc1ccc(Cn2cc(CO)nc2SCC(=O)NCCc2ccc(OC)c(OC)c2)cc1. The minimum Gasteiger partial charge on any atom is -0.497 e. The van der Waals surface area contributed by atoms with Crippen LogP contribution in [0.1, 0.15) is 16.8 Å². The summed E-state index contributed by atoms with van der Waals surface area (Å²) in [5, 5.41) is 13.1. The summed E-state index contributed by atoms with van der Waals surface area (Å²) in [6.07, 6.45) is 2.49. The number of carbonyl (C=O) groups excluding carboxylic acids is 1. The van der Waals surface area contributed by atoms with E-state index in [1.54, 1.807) is 21.3 Å². The normalized spacial score (nSPS) is 10.7. The third-order valence-corrected chi connectivity index (χ3v) is 5.97. The number of nitrogens with one attached hydrogen (secondary N) is 1. The number of aliphatic hydroxyl groups excluding tert-OH is 1. The Morgan fingerprint density at radius 1 is 1.03 bits per heavy atom. The number of ether oxygens (including phenoxy) is 3. The Hall–Kier alpha value is -3.17. The number of amides is 1. The summed E-state index contributed by atoms with van der Waals surface area (Å²) in [7, 11) is 4.83. The zero-order valence-electron chi connectivity index (χ0n) is 19.0. The summed E-state index contributed by atoms with van der Waals surface area (Å²) in [4.78, 5) is 16.8. The highest BCUT2D eigenvalue weighted by Crippen LogP contribution is 2.27. The van der Waals surface area contributed by atoms with Crippen molar-refractivity contribution in [1.82, 2.24) is 14.9 Å². The average molecular weight is 472 g/mol. The number of hydrogen-bond donors (Lipinski definition) is 2. The first-order valence-corrected chi connectivity index (χ1v) is 11.4. The van der Waals surface area contributed by atoms with E-state index in [0.717, 1.165) is 16.9 Å². The van der Waals surface area contributed by atoms with E-state index in [9.17, 15) is 9.90 Å². The molecule has 1 amide bonds. The molecule has 0 spiro atoms. The van der Waals surface area contributed by atoms with Gasteiger partial charge in [0.25, 0.3) is 0 Å². The summed E-state index contributed by atoms with van der Waals surface area (Å²) < 4.78 is 17.7. The lowest BCUT2D eigenvalue weighted by molar-refractivity contribution is -0.118. The lowest BCUT2D eigenvalue weighted by atomic mass is 10.1. The van der Waals surface area contributed by atoms with Gasteiger partial charge in [-0.2, -0.15) is 0 Å². The van der Waals surface area contributed by atoms with Crippen molar-refractivity contribution in [3.63, 3.8) is 0 Å². The van der Waals surface area contributed by atoms with Gasteiger partial charge in [-0.15, -0.1) is 0 Å². The van der Waals surface area contributed by atoms with Crippen LogP contribution in [0.25, 0.3) is 0 Å². The minimum atomic E-state index is -0.152. The molecule has 9 heteroatoms. The predicted molar refractivity (Wildman–Crippen MR) is 127 cm³/mol. The first-order chi connectivity index (χ1) is 16.1. The van der Waals surface area contributed by atoms with Gasteiger partial charge < -0.3 is 29.2 Å². The number of aliphatic hydroxyl groups is 1. The zero-order chi connectivity index (χ0) is 23.6. The molecule has 0 aliphatic carbocycles. The van der Waals surface area contributed by atoms with Gasteiger partial charge in [-0.1, -0.05) is 30.0 Å². The van der Waals surface area contributed by atoms with Crippen molar-refractivity contribution in [3.8, 4) is 17.2 Å². The molecular formula is C24H29N3O5S. The molecule has 2 aromatic carbocycles. The highest BCUT2D eigenvalue weighted by molar-refractivity contribution is 7.99. The van der Waals surface area contributed by atoms with Crippen molar-refractivity contribution >= 4 is 17.7 Å². The fourth-order valence-electron chi connectivity index (χ4n) is 3.25. The van der Waals surface area contributed by atoms with E-state index in [0.29, 0.717) is 41.9 Å². The van der Waals surface area contributed by atoms with Gasteiger partial charge in [0.05, 0.1) is 39.4 Å². The van der Waals surface area contributed by atoms with E-state index >= 15 is 0 Å². The van der Waals surface area contributed by atoms with Crippen molar-refractivity contribution in [2.24, 2.45) is 0 Å². The topological polar surface area (TPSA) is 94.8 Å². The minimum absolute atomic E-state index is 0.0787. The van der Waals surface area contributed by atoms with Gasteiger partial charge in [-0.25, -0.2) is 4.98 Å². The standard InChI is InChI=1S/C24H29N3O5S/c1-30-20-7-4-18(5-8-20)13-27-14-19(15-28)26-24(27)33-16-23(29)25-11-10-17-6-9-21(31-2)22(12-17)32-3/h4-9,12,14,28H,10-11,13,15-16H2,1-3H3,(H,25,29). The molecule has 0 atom stereocenters. The van der Waals surface area contributed by atoms with Crippen molar-refractivity contribution in [1.29, 1.82) is 0 Å². The molecule has 0 aliphatic heterocycles. The van der Waals surface area contributed by atoms with Crippen molar-refractivity contribution in [2.75, 3.05) is 33.6 Å². The third-order valence-electron chi connectivity index (χ3n) is 4.98. The van der Waals surface area contributed by atoms with Crippen LogP contribution in [0.5, 0.6) is 17.2 Å². The van der Waals surface area contributed by atoms with Gasteiger partial charge in [-0.3, -0.25) is 4.79 Å². The molecule has 0 bridgehead atoms. The number of thioether (sulfide) groups is 1. The molecule has 1 aromatic heterocycles. The average Bonchev–Trinajstić information content (AvgIpc) is 3.24. The summed E-state index contributed by atoms with van der Waals surface area (Å²) in [6.45, 7) is 0.942. The molecule has 0 saturated carbocycles. The first kappa shape index (κ1) is 24.5. The van der Waals surface area contributed by atoms with E-state index in [1.165, 1.54) is 11.8 Å². The second-order valence-electron chi connectivity index (χ2n) is 7.23. The smallest absolute Gasteiger partial charge is 0.230 e. The molecule has 3 rings (SSSR count). The molecule has 33 heavy (non-hydrogen) atoms. The number of imidazole rings is 1. The first-order valence-electron chi connectivity index (χ1n) is 10.5. The number of nitrogens with zero attached hydrogens (tertiary/aromatic N) is 2. The molecule has 0 radical (unpaired) electrons. The molecule has 0 aliphatic rings. The van der Waals surface area contributed by atoms with Gasteiger partial charge in [0.1, 0.15) is 5.75 Å². The van der Waals surface area contributed by atoms with Crippen LogP contribution in [0.15, 0.2) is 53.8 Å². The number of benzene rings is 2. The fourth-order valence-corrected chi connectivity index (χ4v) is 4.07. The van der Waals surface area contributed by atoms with Gasteiger partial charge in [0.15, 0.2) is 16.7 Å². The maximum absolute atomic E-state index is 12.4. The fraction of sp³-hybridized carbons (Fsp3) is 0.333. The Balaban J connectivity index is 1.52. The molecule has 176 valence electrons. The Labute approximate surface area is 197 Å². The van der Waals surface area contributed by atoms with Crippen LogP contribution in [-0.2, 0) is 24.4 Å². The van der Waals surface area contributed by atoms with Crippen LogP contribution in [-0.4, -0.2) is 54.2 Å². The number of carbonyl (C=O) groups is 1. The van der Waals surface area contributed by atoms with E-state index in [-0.39, 0.29) is 18.3 Å². The number of aromatic nitrogens is 2. The van der Waals surface area contributed by atoms with Crippen LogP contribution in [0.4, 0.5) is 0 Å². The van der Waals surface area contributed by atoms with Crippen LogP contribution < -0.4 is 19.5 Å². The third kappa shape index (κ3) is 6.90. The largest absolute Gasteiger partial charge is 0.497 e. The van der Waals surface area contributed by atoms with Crippen molar-refractivity contribution in [2.45, 2.75) is 24.7 Å². The summed E-state index contributed by atoms with van der Waals surface area (Å²) in [6, 6.07) is 13.5. The Bertz CT molecular complexity index is 1050. The number of methoxy groups -OCH3 is 3. The number of rotatable bonds is 12. The van der Waals surface area contributed by atoms with Gasteiger partial charge in [0.2, 0.25) is 5.91 Å². The van der Waals surface area contributed by atoms with E-state index in [4.69, 9.17) is 14.2 Å². The lowest BCUT2D eigenvalue weighted by Crippen LogP contribution is -2.27. The monoisotopic (exact) mass is 471 g/mol. The predicted octanol–water partition coefficient (Wildman–Crippen LogP) is 2.90. The van der Waals surface area contributed by atoms with E-state index < -0.39 is 0 Å². The van der Waals surface area contributed by atoms with E-state index in [2.05, 4.69) is 10.3 Å². The Morgan fingerprint density at radius 3 is 2.42 bits per heavy atom. The maximum atomic E-state index is 12.4. The molecule has 2 N–H and O–H groups in total. The Kier molecular flexibility index (Phi) is 9.03. The van der Waals surface area contributed by atoms with Crippen molar-refractivity contribution < 1.29 is 24.1 Å². The molecular weight excluding hydrogens is 442 g/mol. The molecule has 8 nitrogen and oxygen atoms in total. The molecule has 0 saturated heterocycles. The van der Waals surface area contributed by atoms with E-state index in [1.807, 2.05) is 53.2 Å². The summed E-state index contributed by atoms with van der Waals surface area (Å²) in [5.41, 5.74) is 2.68. The van der Waals surface area contributed by atoms with Crippen LogP contribution in [0.3, 0.4) is 0 Å². The second-order valence-corrected chi connectivity index (χ2v) is 8.17.